The molecule has 16 heavy (non-hydrogen) atoms. The van der Waals surface area contributed by atoms with Crippen LogP contribution >= 0.6 is 11.8 Å². The van der Waals surface area contributed by atoms with E-state index < -0.39 is 12.6 Å². The van der Waals surface area contributed by atoms with Gasteiger partial charge < -0.3 is 4.74 Å². The second kappa shape index (κ2) is 4.37. The maximum Gasteiger partial charge on any atom is 0.243 e. The Hall–Kier alpha value is -0.550. The van der Waals surface area contributed by atoms with Crippen LogP contribution in [0.15, 0.2) is 0 Å². The van der Waals surface area contributed by atoms with Crippen LogP contribution in [-0.4, -0.2) is 46.9 Å². The summed E-state index contributed by atoms with van der Waals surface area (Å²) in [6.45, 7) is 1.85. The summed E-state index contributed by atoms with van der Waals surface area (Å²) in [4.78, 5) is 25.4. The van der Waals surface area contributed by atoms with E-state index in [4.69, 9.17) is 8.85 Å². The fraction of sp³-hybridized carbons (Fsp3) is 0.818. The number of carbonyl (C=O) groups excluding carboxylic acids is 2. The van der Waals surface area contributed by atoms with Crippen molar-refractivity contribution >= 4 is 23.6 Å². The Kier molecular flexibility index (Phi) is 2.33. The number of hydrogen-bond donors (Lipinski definition) is 0. The van der Waals surface area contributed by atoms with Crippen LogP contribution in [-0.2, 0) is 14.3 Å². The minimum atomic E-state index is -2.49. The largest absolute Gasteiger partial charge is 0.382 e. The third kappa shape index (κ3) is 1.86. The first-order valence-corrected chi connectivity index (χ1v) is 6.46. The van der Waals surface area contributed by atoms with E-state index in [0.717, 1.165) is 5.75 Å². The fourth-order valence-electron chi connectivity index (χ4n) is 2.14. The van der Waals surface area contributed by atoms with Gasteiger partial charge in [0.25, 0.3) is 0 Å². The van der Waals surface area contributed by atoms with E-state index in [1.165, 1.54) is 16.7 Å². The van der Waals surface area contributed by atoms with E-state index in [0.29, 0.717) is 12.8 Å². The molecule has 1 unspecified atom stereocenters. The Morgan fingerprint density at radius 2 is 2.38 bits per heavy atom. The van der Waals surface area contributed by atoms with Crippen LogP contribution in [0.25, 0.3) is 0 Å². The molecule has 1 atom stereocenters. The number of likely N-dealkylation sites (tertiary alicyclic amines) is 1. The number of amides is 2. The highest BCUT2D eigenvalue weighted by molar-refractivity contribution is 8.00. The van der Waals surface area contributed by atoms with Crippen molar-refractivity contribution in [1.29, 1.82) is 0 Å². The average molecular weight is 249 g/mol. The molecular weight excluding hydrogens is 226 g/mol. The summed E-state index contributed by atoms with van der Waals surface area (Å²) in [6.07, 6.45) is 1.47. The van der Waals surface area contributed by atoms with Gasteiger partial charge in [-0.25, -0.2) is 0 Å². The minimum Gasteiger partial charge on any atom is -0.382 e. The summed E-state index contributed by atoms with van der Waals surface area (Å²) < 4.78 is 25.9. The Labute approximate surface area is 104 Å². The molecule has 2 rings (SSSR count). The molecule has 90 valence electrons. The fourth-order valence-corrected chi connectivity index (χ4v) is 3.06. The molecule has 0 N–H and O–H groups in total. The highest BCUT2D eigenvalue weighted by Crippen LogP contribution is 2.45. The molecule has 1 heterocycles. The molecule has 1 saturated carbocycles. The van der Waals surface area contributed by atoms with E-state index in [2.05, 4.69) is 0 Å². The Bertz CT molecular complexity index is 395. The van der Waals surface area contributed by atoms with Crippen LogP contribution in [0.4, 0.5) is 0 Å². The second-order valence-corrected chi connectivity index (χ2v) is 5.71. The molecule has 1 aliphatic carbocycles. The summed E-state index contributed by atoms with van der Waals surface area (Å²) in [7, 11) is -2.49. The maximum atomic E-state index is 12.2. The standard InChI is InChI=1S/C11H17NO3S/c1-3-16-8-6-9(13)12(10(8)14)11(4-5-11)7-15-2/h8H,3-7H2,1-2H3/i2T3. The normalized spacial score (nSPS) is 31.2. The molecule has 2 fully saturated rings. The van der Waals surface area contributed by atoms with Gasteiger partial charge >= 0.3 is 0 Å². The van der Waals surface area contributed by atoms with Crippen LogP contribution in [0.1, 0.15) is 30.3 Å². The zero-order chi connectivity index (χ0) is 14.3. The molecule has 1 saturated heterocycles. The monoisotopic (exact) mass is 249 g/mol. The van der Waals surface area contributed by atoms with Crippen molar-refractivity contribution in [3.8, 4) is 0 Å². The van der Waals surface area contributed by atoms with Crippen molar-refractivity contribution in [2.24, 2.45) is 0 Å². The average Bonchev–Trinajstić information content (AvgIpc) is 3.01. The topological polar surface area (TPSA) is 46.6 Å². The summed E-state index contributed by atoms with van der Waals surface area (Å²) in [6, 6.07) is 0. The van der Waals surface area contributed by atoms with Crippen molar-refractivity contribution in [1.82, 2.24) is 4.90 Å². The van der Waals surface area contributed by atoms with Crippen LogP contribution < -0.4 is 0 Å². The van der Waals surface area contributed by atoms with Gasteiger partial charge in [0.05, 0.1) is 21.5 Å². The first kappa shape index (κ1) is 8.53. The predicted octanol–water partition coefficient (Wildman–Crippen LogP) is 1.05. The zero-order valence-electron chi connectivity index (χ0n) is 12.2. The molecular formula is C11H17NO3S. The van der Waals surface area contributed by atoms with Gasteiger partial charge in [-0.1, -0.05) is 6.92 Å². The van der Waals surface area contributed by atoms with E-state index in [1.54, 1.807) is 0 Å². The molecule has 4 nitrogen and oxygen atoms in total. The maximum absolute atomic E-state index is 12.2. The minimum absolute atomic E-state index is 0.0928. The summed E-state index contributed by atoms with van der Waals surface area (Å²) in [5.41, 5.74) is -0.703. The van der Waals surface area contributed by atoms with Crippen LogP contribution in [0.5, 0.6) is 0 Å². The highest BCUT2D eigenvalue weighted by Gasteiger charge is 2.57. The van der Waals surface area contributed by atoms with Gasteiger partial charge in [-0.3, -0.25) is 14.5 Å². The second-order valence-electron chi connectivity index (χ2n) is 4.23. The SMILES string of the molecule is [3H]C([3H])([3H])OCC1(N2C(=O)CC(SCC)C2=O)CC1. The van der Waals surface area contributed by atoms with Crippen molar-refractivity contribution in [2.75, 3.05) is 19.4 Å². The molecule has 5 heteroatoms. The Morgan fingerprint density at radius 1 is 1.62 bits per heavy atom. The number of thioether (sulfide) groups is 1. The lowest BCUT2D eigenvalue weighted by molar-refractivity contribution is -0.143. The first-order valence-electron chi connectivity index (χ1n) is 6.91. The van der Waals surface area contributed by atoms with Gasteiger partial charge in [0.1, 0.15) is 0 Å². The quantitative estimate of drug-likeness (QED) is 0.683. The van der Waals surface area contributed by atoms with E-state index in [-0.39, 0.29) is 30.1 Å². The number of ether oxygens (including phenoxy) is 1. The molecule has 2 amide bonds. The third-order valence-electron chi connectivity index (χ3n) is 3.12. The van der Waals surface area contributed by atoms with E-state index >= 15 is 0 Å². The van der Waals surface area contributed by atoms with Crippen LogP contribution in [0.3, 0.4) is 0 Å². The predicted molar refractivity (Wildman–Crippen MR) is 62.2 cm³/mol. The lowest BCUT2D eigenvalue weighted by Crippen LogP contribution is -2.45. The summed E-state index contributed by atoms with van der Waals surface area (Å²) >= 11 is 1.46. The smallest absolute Gasteiger partial charge is 0.243 e. The van der Waals surface area contributed by atoms with Gasteiger partial charge in [-0.15, -0.1) is 11.8 Å². The summed E-state index contributed by atoms with van der Waals surface area (Å²) in [5, 5.41) is -0.317. The lowest BCUT2D eigenvalue weighted by atomic mass is 10.2. The van der Waals surface area contributed by atoms with Gasteiger partial charge in [0, 0.05) is 13.5 Å². The number of hydrogen-bond acceptors (Lipinski definition) is 4. The Morgan fingerprint density at radius 3 is 2.94 bits per heavy atom. The molecule has 0 aromatic rings. The van der Waals surface area contributed by atoms with E-state index in [9.17, 15) is 9.59 Å². The summed E-state index contributed by atoms with van der Waals surface area (Å²) in [5.74, 6) is 0.377. The van der Waals surface area contributed by atoms with Gasteiger partial charge in [0.2, 0.25) is 11.8 Å². The highest BCUT2D eigenvalue weighted by atomic mass is 32.2. The Balaban J connectivity index is 2.05. The molecule has 0 spiro atoms. The van der Waals surface area contributed by atoms with Crippen molar-refractivity contribution < 1.29 is 18.4 Å². The van der Waals surface area contributed by atoms with Gasteiger partial charge in [0.15, 0.2) is 0 Å². The molecule has 0 radical (unpaired) electrons. The molecule has 2 aliphatic rings. The molecule has 0 aromatic carbocycles. The zero-order valence-corrected chi connectivity index (χ0v) is 10.0. The number of carbonyl (C=O) groups is 2. The molecule has 0 aromatic heterocycles. The number of methoxy groups -OCH3 is 1. The number of imide groups is 1. The number of nitrogens with zero attached hydrogens (tertiary/aromatic N) is 1. The molecule has 1 aliphatic heterocycles. The van der Waals surface area contributed by atoms with Crippen LogP contribution in [0.2, 0.25) is 0 Å². The third-order valence-corrected chi connectivity index (χ3v) is 4.22. The van der Waals surface area contributed by atoms with E-state index in [1.807, 2.05) is 6.92 Å². The van der Waals surface area contributed by atoms with Crippen molar-refractivity contribution in [3.05, 3.63) is 0 Å². The van der Waals surface area contributed by atoms with Crippen molar-refractivity contribution in [3.63, 3.8) is 0 Å². The van der Waals surface area contributed by atoms with Crippen molar-refractivity contribution in [2.45, 2.75) is 37.0 Å². The lowest BCUT2D eigenvalue weighted by Gasteiger charge is -2.25. The first-order chi connectivity index (χ1) is 8.79. The van der Waals surface area contributed by atoms with Gasteiger partial charge in [-0.2, -0.15) is 0 Å². The van der Waals surface area contributed by atoms with Crippen LogP contribution in [0, 0.1) is 0 Å². The number of rotatable bonds is 5. The molecule has 0 bridgehead atoms. The van der Waals surface area contributed by atoms with Gasteiger partial charge in [-0.05, 0) is 18.6 Å².